The van der Waals surface area contributed by atoms with Gasteiger partial charge in [-0.25, -0.2) is 14.5 Å². The van der Waals surface area contributed by atoms with Crippen molar-refractivity contribution in [3.8, 4) is 5.69 Å². The molecular formula is C17H18N4O2. The molecule has 1 aromatic carbocycles. The van der Waals surface area contributed by atoms with Crippen LogP contribution < -0.4 is 0 Å². The van der Waals surface area contributed by atoms with Crippen LogP contribution in [0.2, 0.25) is 0 Å². The number of aromatic nitrogens is 4. The topological polar surface area (TPSA) is 61.9 Å². The van der Waals surface area contributed by atoms with Crippen molar-refractivity contribution in [1.29, 1.82) is 0 Å². The zero-order chi connectivity index (χ0) is 16.2. The second-order valence-corrected chi connectivity index (χ2v) is 5.35. The van der Waals surface area contributed by atoms with Gasteiger partial charge in [0.05, 0.1) is 24.0 Å². The third kappa shape index (κ3) is 3.48. The number of carbonyl (C=O) groups is 1. The van der Waals surface area contributed by atoms with Gasteiger partial charge in [-0.15, -0.1) is 0 Å². The lowest BCUT2D eigenvalue weighted by Gasteiger charge is -2.14. The fourth-order valence-corrected chi connectivity index (χ4v) is 2.31. The fraction of sp³-hybridized carbons (Fsp3) is 0.235. The van der Waals surface area contributed by atoms with E-state index in [2.05, 4.69) is 10.1 Å². The van der Waals surface area contributed by atoms with Crippen LogP contribution >= 0.6 is 0 Å². The predicted octanol–water partition coefficient (Wildman–Crippen LogP) is 2.62. The molecule has 3 aromatic rings. The number of imidazole rings is 1. The highest BCUT2D eigenvalue weighted by atomic mass is 16.5. The molecule has 0 amide bonds. The van der Waals surface area contributed by atoms with E-state index in [4.69, 9.17) is 4.74 Å². The minimum Gasteiger partial charge on any atom is -0.457 e. The highest BCUT2D eigenvalue weighted by Crippen LogP contribution is 2.10. The summed E-state index contributed by atoms with van der Waals surface area (Å²) in [4.78, 5) is 16.4. The van der Waals surface area contributed by atoms with E-state index in [0.717, 1.165) is 11.5 Å². The summed E-state index contributed by atoms with van der Waals surface area (Å²) in [5.74, 6) is 0.516. The Kier molecular flexibility index (Phi) is 4.23. The standard InChI is InChI=1S/C17H18N4O2/c1-13(11-20-9-8-18-14(20)2)23-17(22)15-10-19-21(12-15)16-6-4-3-5-7-16/h3-10,12-13H,11H2,1-2H3. The average Bonchev–Trinajstić information content (AvgIpc) is 3.18. The Morgan fingerprint density at radius 2 is 2.09 bits per heavy atom. The quantitative estimate of drug-likeness (QED) is 0.680. The summed E-state index contributed by atoms with van der Waals surface area (Å²) in [5, 5.41) is 4.21. The first-order chi connectivity index (χ1) is 11.1. The van der Waals surface area contributed by atoms with Gasteiger partial charge in [-0.2, -0.15) is 5.10 Å². The normalized spacial score (nSPS) is 12.1. The Morgan fingerprint density at radius 1 is 1.30 bits per heavy atom. The van der Waals surface area contributed by atoms with Crippen LogP contribution in [0, 0.1) is 6.92 Å². The van der Waals surface area contributed by atoms with E-state index >= 15 is 0 Å². The monoisotopic (exact) mass is 310 g/mol. The molecule has 0 N–H and O–H groups in total. The molecule has 3 rings (SSSR count). The molecule has 0 spiro atoms. The lowest BCUT2D eigenvalue weighted by Crippen LogP contribution is -2.20. The molecule has 0 radical (unpaired) electrons. The first kappa shape index (κ1) is 15.0. The van der Waals surface area contributed by atoms with Crippen molar-refractivity contribution < 1.29 is 9.53 Å². The number of para-hydroxylation sites is 1. The predicted molar refractivity (Wildman–Crippen MR) is 85.4 cm³/mol. The summed E-state index contributed by atoms with van der Waals surface area (Å²) >= 11 is 0. The van der Waals surface area contributed by atoms with E-state index in [1.54, 1.807) is 17.1 Å². The molecule has 0 saturated heterocycles. The number of esters is 1. The second-order valence-electron chi connectivity index (χ2n) is 5.35. The number of hydrogen-bond donors (Lipinski definition) is 0. The van der Waals surface area contributed by atoms with E-state index in [0.29, 0.717) is 12.1 Å². The maximum atomic E-state index is 12.2. The Bertz CT molecular complexity index is 792. The van der Waals surface area contributed by atoms with Crippen LogP contribution in [0.25, 0.3) is 5.69 Å². The van der Waals surface area contributed by atoms with E-state index < -0.39 is 0 Å². The van der Waals surface area contributed by atoms with Gasteiger partial charge in [0.1, 0.15) is 11.9 Å². The van der Waals surface area contributed by atoms with Gasteiger partial charge in [0.2, 0.25) is 0 Å². The van der Waals surface area contributed by atoms with Crippen LogP contribution in [0.4, 0.5) is 0 Å². The third-order valence-corrected chi connectivity index (χ3v) is 3.52. The minimum atomic E-state index is -0.377. The van der Waals surface area contributed by atoms with Gasteiger partial charge < -0.3 is 9.30 Å². The minimum absolute atomic E-state index is 0.254. The Balaban J connectivity index is 1.64. The average molecular weight is 310 g/mol. The van der Waals surface area contributed by atoms with Crippen molar-refractivity contribution >= 4 is 5.97 Å². The highest BCUT2D eigenvalue weighted by molar-refractivity contribution is 5.89. The van der Waals surface area contributed by atoms with Gasteiger partial charge in [0.15, 0.2) is 0 Å². The van der Waals surface area contributed by atoms with Gasteiger partial charge in [-0.05, 0) is 26.0 Å². The summed E-state index contributed by atoms with van der Waals surface area (Å²) in [5.41, 5.74) is 1.33. The fourth-order valence-electron chi connectivity index (χ4n) is 2.31. The summed E-state index contributed by atoms with van der Waals surface area (Å²) in [6.07, 6.45) is 6.54. The van der Waals surface area contributed by atoms with Gasteiger partial charge in [-0.3, -0.25) is 0 Å². The van der Waals surface area contributed by atoms with Crippen LogP contribution in [0.3, 0.4) is 0 Å². The molecule has 118 valence electrons. The summed E-state index contributed by atoms with van der Waals surface area (Å²) in [6, 6.07) is 9.62. The van der Waals surface area contributed by atoms with Crippen LogP contribution in [0.1, 0.15) is 23.1 Å². The molecule has 1 unspecified atom stereocenters. The Hall–Kier alpha value is -2.89. The molecule has 0 bridgehead atoms. The number of aryl methyl sites for hydroxylation is 1. The molecule has 6 nitrogen and oxygen atoms in total. The Morgan fingerprint density at radius 3 is 2.78 bits per heavy atom. The first-order valence-electron chi connectivity index (χ1n) is 7.42. The van der Waals surface area contributed by atoms with E-state index in [9.17, 15) is 4.79 Å². The summed E-state index contributed by atoms with van der Waals surface area (Å²) in [6.45, 7) is 4.35. The second kappa shape index (κ2) is 6.48. The number of ether oxygens (including phenoxy) is 1. The van der Waals surface area contributed by atoms with Crippen molar-refractivity contribution in [3.63, 3.8) is 0 Å². The summed E-state index contributed by atoms with van der Waals surface area (Å²) in [7, 11) is 0. The lowest BCUT2D eigenvalue weighted by molar-refractivity contribution is 0.0305. The molecule has 2 heterocycles. The molecule has 0 aliphatic rings. The van der Waals surface area contributed by atoms with Crippen molar-refractivity contribution in [3.05, 3.63) is 66.5 Å². The maximum absolute atomic E-state index is 12.2. The number of carbonyl (C=O) groups excluding carboxylic acids is 1. The van der Waals surface area contributed by atoms with Gasteiger partial charge in [0, 0.05) is 18.6 Å². The zero-order valence-corrected chi connectivity index (χ0v) is 13.1. The lowest BCUT2D eigenvalue weighted by atomic mass is 10.3. The highest BCUT2D eigenvalue weighted by Gasteiger charge is 2.15. The zero-order valence-electron chi connectivity index (χ0n) is 13.1. The number of nitrogens with zero attached hydrogens (tertiary/aromatic N) is 4. The van der Waals surface area contributed by atoms with Crippen molar-refractivity contribution in [2.24, 2.45) is 0 Å². The molecule has 1 atom stereocenters. The SMILES string of the molecule is Cc1nccn1CC(C)OC(=O)c1cnn(-c2ccccc2)c1. The number of rotatable bonds is 5. The Labute approximate surface area is 134 Å². The number of benzene rings is 1. The third-order valence-electron chi connectivity index (χ3n) is 3.52. The van der Waals surface area contributed by atoms with E-state index in [1.165, 1.54) is 6.20 Å². The molecule has 6 heteroatoms. The molecule has 0 saturated carbocycles. The van der Waals surface area contributed by atoms with Crippen LogP contribution in [-0.2, 0) is 11.3 Å². The van der Waals surface area contributed by atoms with Gasteiger partial charge in [-0.1, -0.05) is 18.2 Å². The van der Waals surface area contributed by atoms with Crippen LogP contribution in [-0.4, -0.2) is 31.4 Å². The first-order valence-corrected chi connectivity index (χ1v) is 7.42. The van der Waals surface area contributed by atoms with Crippen molar-refractivity contribution in [1.82, 2.24) is 19.3 Å². The molecule has 2 aromatic heterocycles. The smallest absolute Gasteiger partial charge is 0.341 e. The van der Waals surface area contributed by atoms with Gasteiger partial charge >= 0.3 is 5.97 Å². The summed E-state index contributed by atoms with van der Waals surface area (Å²) < 4.78 is 9.08. The molecule has 23 heavy (non-hydrogen) atoms. The van der Waals surface area contributed by atoms with Gasteiger partial charge in [0.25, 0.3) is 0 Å². The largest absolute Gasteiger partial charge is 0.457 e. The van der Waals surface area contributed by atoms with Crippen LogP contribution in [0.15, 0.2) is 55.1 Å². The van der Waals surface area contributed by atoms with E-state index in [1.807, 2.05) is 54.9 Å². The van der Waals surface area contributed by atoms with E-state index in [-0.39, 0.29) is 12.1 Å². The number of hydrogen-bond acceptors (Lipinski definition) is 4. The molecule has 0 aliphatic heterocycles. The van der Waals surface area contributed by atoms with Crippen molar-refractivity contribution in [2.45, 2.75) is 26.5 Å². The maximum Gasteiger partial charge on any atom is 0.341 e. The van der Waals surface area contributed by atoms with Crippen LogP contribution in [0.5, 0.6) is 0 Å². The molecule has 0 aliphatic carbocycles. The molecule has 0 fully saturated rings. The van der Waals surface area contributed by atoms with Crippen molar-refractivity contribution in [2.75, 3.05) is 0 Å². The molecular weight excluding hydrogens is 292 g/mol.